The van der Waals surface area contributed by atoms with Gasteiger partial charge >= 0.3 is 0 Å². The Kier molecular flexibility index (Phi) is 3.54. The third-order valence-electron chi connectivity index (χ3n) is 3.24. The van der Waals surface area contributed by atoms with E-state index in [2.05, 4.69) is 51.7 Å². The topological polar surface area (TPSA) is 12.9 Å². The van der Waals surface area contributed by atoms with Crippen LogP contribution in [-0.2, 0) is 5.41 Å². The molecule has 1 aromatic rings. The van der Waals surface area contributed by atoms with Crippen molar-refractivity contribution in [3.8, 4) is 0 Å². The summed E-state index contributed by atoms with van der Waals surface area (Å²) in [5, 5.41) is 0. The molecule has 0 fully saturated rings. The van der Waals surface area contributed by atoms with E-state index in [1.807, 2.05) is 12.3 Å². The highest BCUT2D eigenvalue weighted by atomic mass is 14.7. The Hall–Kier alpha value is -0.850. The van der Waals surface area contributed by atoms with E-state index in [-0.39, 0.29) is 5.41 Å². The monoisotopic (exact) mass is 205 g/mol. The summed E-state index contributed by atoms with van der Waals surface area (Å²) in [6.45, 7) is 11.5. The molecule has 0 radical (unpaired) electrons. The molecule has 0 saturated carbocycles. The van der Waals surface area contributed by atoms with E-state index in [9.17, 15) is 0 Å². The molecule has 0 aliphatic heterocycles. The summed E-state index contributed by atoms with van der Waals surface area (Å²) in [5.41, 5.74) is 1.76. The molecule has 15 heavy (non-hydrogen) atoms. The zero-order valence-corrected chi connectivity index (χ0v) is 10.7. The van der Waals surface area contributed by atoms with E-state index < -0.39 is 0 Å². The largest absolute Gasteiger partial charge is 0.261 e. The van der Waals surface area contributed by atoms with E-state index in [1.54, 1.807) is 0 Å². The van der Waals surface area contributed by atoms with Gasteiger partial charge in [0, 0.05) is 17.3 Å². The number of nitrogens with zero attached hydrogens (tertiary/aromatic N) is 1. The molecular weight excluding hydrogens is 182 g/mol. The fourth-order valence-corrected chi connectivity index (χ4v) is 2.18. The van der Waals surface area contributed by atoms with Crippen molar-refractivity contribution in [1.82, 2.24) is 4.98 Å². The maximum atomic E-state index is 4.47. The van der Waals surface area contributed by atoms with Gasteiger partial charge in [-0.1, -0.05) is 47.1 Å². The zero-order chi connectivity index (χ0) is 11.5. The number of aromatic nitrogens is 1. The molecule has 1 aromatic heterocycles. The van der Waals surface area contributed by atoms with Gasteiger partial charge in [0.05, 0.1) is 0 Å². The molecule has 0 amide bonds. The number of hydrogen-bond acceptors (Lipinski definition) is 1. The first kappa shape index (κ1) is 12.2. The summed E-state index contributed by atoms with van der Waals surface area (Å²) in [6, 6.07) is 6.18. The fourth-order valence-electron chi connectivity index (χ4n) is 2.18. The van der Waals surface area contributed by atoms with Crippen LogP contribution < -0.4 is 0 Å². The second kappa shape index (κ2) is 4.34. The van der Waals surface area contributed by atoms with Gasteiger partial charge in [0.15, 0.2) is 0 Å². The minimum absolute atomic E-state index is 0.167. The van der Waals surface area contributed by atoms with Crippen LogP contribution in [0.5, 0.6) is 0 Å². The number of hydrogen-bond donors (Lipinski definition) is 0. The van der Waals surface area contributed by atoms with Gasteiger partial charge < -0.3 is 0 Å². The SMILES string of the molecule is CCC(C)(C)CC(C)(C)c1ccccn1. The predicted molar refractivity (Wildman–Crippen MR) is 66.0 cm³/mol. The summed E-state index contributed by atoms with van der Waals surface area (Å²) < 4.78 is 0. The minimum Gasteiger partial charge on any atom is -0.261 e. The highest BCUT2D eigenvalue weighted by Gasteiger charge is 2.29. The zero-order valence-electron chi connectivity index (χ0n) is 10.7. The highest BCUT2D eigenvalue weighted by Crippen LogP contribution is 2.37. The maximum absolute atomic E-state index is 4.47. The predicted octanol–water partition coefficient (Wildman–Crippen LogP) is 4.19. The quantitative estimate of drug-likeness (QED) is 0.718. The van der Waals surface area contributed by atoms with Crippen LogP contribution in [0.4, 0.5) is 0 Å². The van der Waals surface area contributed by atoms with Crippen LogP contribution in [0, 0.1) is 5.41 Å². The van der Waals surface area contributed by atoms with Crippen LogP contribution in [0.1, 0.15) is 53.2 Å². The van der Waals surface area contributed by atoms with Gasteiger partial charge in [-0.3, -0.25) is 4.98 Å². The van der Waals surface area contributed by atoms with Crippen molar-refractivity contribution < 1.29 is 0 Å². The number of pyridine rings is 1. The van der Waals surface area contributed by atoms with E-state index >= 15 is 0 Å². The van der Waals surface area contributed by atoms with Crippen LogP contribution in [0.15, 0.2) is 24.4 Å². The molecule has 1 rings (SSSR count). The summed E-state index contributed by atoms with van der Waals surface area (Å²) in [4.78, 5) is 4.47. The maximum Gasteiger partial charge on any atom is 0.0459 e. The van der Waals surface area contributed by atoms with Crippen molar-refractivity contribution in [1.29, 1.82) is 0 Å². The van der Waals surface area contributed by atoms with Crippen LogP contribution in [0.2, 0.25) is 0 Å². The Morgan fingerprint density at radius 1 is 1.13 bits per heavy atom. The van der Waals surface area contributed by atoms with Crippen molar-refractivity contribution in [2.24, 2.45) is 5.41 Å². The smallest absolute Gasteiger partial charge is 0.0459 e. The second-order valence-electron chi connectivity index (χ2n) is 5.79. The Morgan fingerprint density at radius 3 is 2.27 bits per heavy atom. The summed E-state index contributed by atoms with van der Waals surface area (Å²) in [6.07, 6.45) is 4.27. The van der Waals surface area contributed by atoms with Crippen molar-refractivity contribution >= 4 is 0 Å². The first-order valence-corrected chi connectivity index (χ1v) is 5.79. The molecule has 1 nitrogen and oxygen atoms in total. The van der Waals surface area contributed by atoms with E-state index in [4.69, 9.17) is 0 Å². The molecule has 0 aromatic carbocycles. The molecule has 0 N–H and O–H groups in total. The molecule has 1 heteroatoms. The van der Waals surface area contributed by atoms with E-state index in [1.165, 1.54) is 18.5 Å². The van der Waals surface area contributed by atoms with Gasteiger partial charge in [0.2, 0.25) is 0 Å². The number of rotatable bonds is 4. The second-order valence-corrected chi connectivity index (χ2v) is 5.79. The van der Waals surface area contributed by atoms with Crippen molar-refractivity contribution in [3.05, 3.63) is 30.1 Å². The lowest BCUT2D eigenvalue weighted by Gasteiger charge is -2.34. The van der Waals surface area contributed by atoms with Gasteiger partial charge in [-0.15, -0.1) is 0 Å². The average molecular weight is 205 g/mol. The van der Waals surface area contributed by atoms with Gasteiger partial charge in [0.25, 0.3) is 0 Å². The molecule has 0 saturated heterocycles. The molecule has 0 bridgehead atoms. The Bertz CT molecular complexity index is 298. The van der Waals surface area contributed by atoms with Crippen LogP contribution >= 0.6 is 0 Å². The van der Waals surface area contributed by atoms with Crippen LogP contribution in [0.3, 0.4) is 0 Å². The first-order valence-electron chi connectivity index (χ1n) is 5.79. The molecule has 84 valence electrons. The molecule has 0 aliphatic rings. The molecule has 1 heterocycles. The van der Waals surface area contributed by atoms with Crippen LogP contribution in [0.25, 0.3) is 0 Å². The average Bonchev–Trinajstić information content (AvgIpc) is 2.18. The fraction of sp³-hybridized carbons (Fsp3) is 0.643. The summed E-state index contributed by atoms with van der Waals surface area (Å²) >= 11 is 0. The van der Waals surface area contributed by atoms with Gasteiger partial charge in [-0.25, -0.2) is 0 Å². The van der Waals surface area contributed by atoms with Crippen molar-refractivity contribution in [2.45, 2.75) is 52.9 Å². The van der Waals surface area contributed by atoms with Crippen molar-refractivity contribution in [2.75, 3.05) is 0 Å². The van der Waals surface area contributed by atoms with E-state index in [0.29, 0.717) is 5.41 Å². The van der Waals surface area contributed by atoms with Crippen LogP contribution in [-0.4, -0.2) is 4.98 Å². The van der Waals surface area contributed by atoms with Gasteiger partial charge in [-0.05, 0) is 24.0 Å². The molecule has 0 aliphatic carbocycles. The Balaban J connectivity index is 2.85. The molecular formula is C14H23N. The van der Waals surface area contributed by atoms with Gasteiger partial charge in [-0.2, -0.15) is 0 Å². The standard InChI is InChI=1S/C14H23N/c1-6-13(2,3)11-14(4,5)12-9-7-8-10-15-12/h7-10H,6,11H2,1-5H3. The lowest BCUT2D eigenvalue weighted by Crippen LogP contribution is -2.27. The Morgan fingerprint density at radius 2 is 1.80 bits per heavy atom. The molecule has 0 unspecified atom stereocenters. The molecule has 0 atom stereocenters. The highest BCUT2D eigenvalue weighted by molar-refractivity contribution is 5.14. The third-order valence-corrected chi connectivity index (χ3v) is 3.24. The lowest BCUT2D eigenvalue weighted by atomic mass is 9.72. The van der Waals surface area contributed by atoms with E-state index in [0.717, 1.165) is 0 Å². The lowest BCUT2D eigenvalue weighted by molar-refractivity contribution is 0.245. The summed E-state index contributed by atoms with van der Waals surface area (Å²) in [5.74, 6) is 0. The minimum atomic E-state index is 0.167. The third kappa shape index (κ3) is 3.33. The first-order chi connectivity index (χ1) is 6.87. The summed E-state index contributed by atoms with van der Waals surface area (Å²) in [7, 11) is 0. The van der Waals surface area contributed by atoms with Crippen molar-refractivity contribution in [3.63, 3.8) is 0 Å². The normalized spacial score (nSPS) is 12.9. The van der Waals surface area contributed by atoms with Gasteiger partial charge in [0.1, 0.15) is 0 Å². The Labute approximate surface area is 93.9 Å². The molecule has 0 spiro atoms.